The third-order valence-corrected chi connectivity index (χ3v) is 8.97. The fraction of sp³-hybridized carbons (Fsp3) is 0.773. The van der Waals surface area contributed by atoms with E-state index in [0.29, 0.717) is 12.8 Å². The summed E-state index contributed by atoms with van der Waals surface area (Å²) in [6.45, 7) is 4.06. The number of aliphatic hydroxyl groups excluding tert-OH is 1. The number of fused-ring (bicyclic) bond motifs is 5. The fourth-order valence-electron chi connectivity index (χ4n) is 7.52. The van der Waals surface area contributed by atoms with Crippen LogP contribution in [-0.4, -0.2) is 40.1 Å². The molecule has 4 aliphatic carbocycles. The van der Waals surface area contributed by atoms with E-state index in [4.69, 9.17) is 32.7 Å². The van der Waals surface area contributed by atoms with Crippen molar-refractivity contribution in [2.24, 2.45) is 28.6 Å². The van der Waals surface area contributed by atoms with Gasteiger partial charge in [0.15, 0.2) is 11.8 Å². The highest BCUT2D eigenvalue weighted by atomic mass is 35.5. The first-order valence-electron chi connectivity index (χ1n) is 10.6. The van der Waals surface area contributed by atoms with Crippen molar-refractivity contribution in [3.63, 3.8) is 0 Å². The van der Waals surface area contributed by atoms with Gasteiger partial charge in [0.1, 0.15) is 0 Å². The van der Waals surface area contributed by atoms with E-state index < -0.39 is 28.5 Å². The van der Waals surface area contributed by atoms with E-state index in [1.165, 1.54) is 0 Å². The Bertz CT molecular complexity index is 811. The van der Waals surface area contributed by atoms with Crippen molar-refractivity contribution < 1.29 is 29.0 Å². The predicted molar refractivity (Wildman–Crippen MR) is 110 cm³/mol. The van der Waals surface area contributed by atoms with Crippen molar-refractivity contribution in [1.29, 1.82) is 0 Å². The van der Waals surface area contributed by atoms with Crippen molar-refractivity contribution in [3.8, 4) is 0 Å². The first-order chi connectivity index (χ1) is 14.1. The zero-order valence-corrected chi connectivity index (χ0v) is 18.8. The molecule has 0 spiro atoms. The Morgan fingerprint density at radius 3 is 2.63 bits per heavy atom. The molecule has 0 heterocycles. The molecule has 8 heteroatoms. The van der Waals surface area contributed by atoms with Crippen LogP contribution in [0.1, 0.15) is 58.8 Å². The van der Waals surface area contributed by atoms with Crippen molar-refractivity contribution in [1.82, 2.24) is 0 Å². The predicted octanol–water partition coefficient (Wildman–Crippen LogP) is 4.34. The number of alkyl halides is 1. The normalized spacial score (nSPS) is 45.0. The smallest absolute Gasteiger partial charge is 0.404 e. The molecule has 0 aliphatic heterocycles. The summed E-state index contributed by atoms with van der Waals surface area (Å²) in [6.07, 6.45) is 5.18. The Morgan fingerprint density at radius 2 is 1.97 bits per heavy atom. The first-order valence-corrected chi connectivity index (χ1v) is 11.5. The van der Waals surface area contributed by atoms with Crippen molar-refractivity contribution in [2.45, 2.75) is 70.5 Å². The van der Waals surface area contributed by atoms with Gasteiger partial charge >= 0.3 is 11.4 Å². The lowest BCUT2D eigenvalue weighted by molar-refractivity contribution is -0.196. The van der Waals surface area contributed by atoms with Gasteiger partial charge < -0.3 is 14.6 Å². The van der Waals surface area contributed by atoms with Crippen LogP contribution in [0.25, 0.3) is 0 Å². The number of hydrogen-bond acceptors (Lipinski definition) is 6. The van der Waals surface area contributed by atoms with Gasteiger partial charge in [-0.05, 0) is 67.8 Å². The lowest BCUT2D eigenvalue weighted by Gasteiger charge is -2.60. The molecule has 0 amide bonds. The molecule has 7 atom stereocenters. The van der Waals surface area contributed by atoms with Gasteiger partial charge in [0, 0.05) is 23.4 Å². The highest BCUT2D eigenvalue weighted by molar-refractivity contribution is 6.61. The van der Waals surface area contributed by atoms with Crippen LogP contribution in [0.5, 0.6) is 0 Å². The van der Waals surface area contributed by atoms with Gasteiger partial charge in [-0.25, -0.2) is 9.59 Å². The lowest BCUT2D eigenvalue weighted by Crippen LogP contribution is -2.62. The number of allylic oxidation sites excluding steroid dienone is 1. The Hall–Kier alpha value is -1.11. The Kier molecular flexibility index (Phi) is 5.52. The fourth-order valence-corrected chi connectivity index (χ4v) is 7.75. The Morgan fingerprint density at radius 1 is 1.23 bits per heavy atom. The maximum atomic E-state index is 13.0. The molecule has 0 bridgehead atoms. The van der Waals surface area contributed by atoms with Crippen molar-refractivity contribution >= 4 is 40.4 Å². The topological polar surface area (TPSA) is 89.9 Å². The number of ether oxygens (including phenoxy) is 2. The maximum Gasteiger partial charge on any atom is 0.404 e. The average molecular weight is 459 g/mol. The minimum absolute atomic E-state index is 0.00442. The van der Waals surface area contributed by atoms with E-state index in [-0.39, 0.29) is 47.9 Å². The van der Waals surface area contributed by atoms with Crippen LogP contribution in [0.3, 0.4) is 0 Å². The summed E-state index contributed by atoms with van der Waals surface area (Å²) in [5.74, 6) is -0.341. The largest absolute Gasteiger partial charge is 0.446 e. The van der Waals surface area contributed by atoms with Gasteiger partial charge in [0.25, 0.3) is 0 Å². The highest BCUT2D eigenvalue weighted by Crippen LogP contribution is 2.68. The van der Waals surface area contributed by atoms with E-state index >= 15 is 0 Å². The van der Waals surface area contributed by atoms with Gasteiger partial charge in [0.2, 0.25) is 5.60 Å². The van der Waals surface area contributed by atoms with Gasteiger partial charge in [-0.3, -0.25) is 4.79 Å². The van der Waals surface area contributed by atoms with Crippen LogP contribution in [0, 0.1) is 28.6 Å². The van der Waals surface area contributed by atoms with Crippen LogP contribution in [-0.2, 0) is 19.1 Å². The molecule has 0 radical (unpaired) electrons. The minimum atomic E-state index is -1.56. The molecule has 0 unspecified atom stereocenters. The molecule has 0 saturated heterocycles. The van der Waals surface area contributed by atoms with E-state index in [1.54, 1.807) is 6.08 Å². The summed E-state index contributed by atoms with van der Waals surface area (Å²) < 4.78 is 10.6. The molecular formula is C22H28Cl2O6. The van der Waals surface area contributed by atoms with Gasteiger partial charge in [-0.2, -0.15) is 0 Å². The number of carbonyl (C=O) groups excluding carboxylic acids is 3. The quantitative estimate of drug-likeness (QED) is 0.384. The van der Waals surface area contributed by atoms with Gasteiger partial charge in [-0.1, -0.05) is 31.0 Å². The van der Waals surface area contributed by atoms with Crippen LogP contribution in [0.15, 0.2) is 11.6 Å². The zero-order valence-electron chi connectivity index (χ0n) is 17.3. The monoisotopic (exact) mass is 458 g/mol. The van der Waals surface area contributed by atoms with E-state index in [9.17, 15) is 19.5 Å². The molecule has 0 aromatic rings. The SMILES string of the molecule is C[C@]12CCC(=O)C=C1CC[C@@H]1[C@@H]2[C@@H](O)C[C@@]2(C)[C@H]1CC[C@]2(OC(=O)Cl)C(=O)OCCl. The number of carbonyl (C=O) groups is 3. The maximum absolute atomic E-state index is 13.0. The molecule has 30 heavy (non-hydrogen) atoms. The number of ketones is 1. The van der Waals surface area contributed by atoms with E-state index in [1.807, 2.05) is 6.92 Å². The van der Waals surface area contributed by atoms with Gasteiger partial charge in [-0.15, -0.1) is 0 Å². The summed E-state index contributed by atoms with van der Waals surface area (Å²) in [5.41, 5.74) is -2.53. The number of hydrogen-bond donors (Lipinski definition) is 1. The number of esters is 1. The van der Waals surface area contributed by atoms with E-state index in [2.05, 4.69) is 6.92 Å². The van der Waals surface area contributed by atoms with E-state index in [0.717, 1.165) is 24.8 Å². The minimum Gasteiger partial charge on any atom is -0.446 e. The second-order valence-electron chi connectivity index (χ2n) is 9.82. The van der Waals surface area contributed by atoms with Crippen LogP contribution in [0.4, 0.5) is 4.79 Å². The molecule has 0 aromatic carbocycles. The van der Waals surface area contributed by atoms with Gasteiger partial charge in [0.05, 0.1) is 6.10 Å². The van der Waals surface area contributed by atoms with Crippen LogP contribution >= 0.6 is 23.2 Å². The summed E-state index contributed by atoms with van der Waals surface area (Å²) in [5, 5.41) is 11.4. The number of aliphatic hydroxyl groups is 1. The molecule has 0 aromatic heterocycles. The Labute approximate surface area is 186 Å². The van der Waals surface area contributed by atoms with Crippen LogP contribution < -0.4 is 0 Å². The number of rotatable bonds is 3. The van der Waals surface area contributed by atoms with Crippen molar-refractivity contribution in [3.05, 3.63) is 11.6 Å². The lowest BCUT2D eigenvalue weighted by atomic mass is 9.45. The molecule has 3 fully saturated rings. The molecule has 4 aliphatic rings. The average Bonchev–Trinajstić information content (AvgIpc) is 2.94. The summed E-state index contributed by atoms with van der Waals surface area (Å²) in [6, 6.07) is -0.351. The molecular weight excluding hydrogens is 431 g/mol. The van der Waals surface area contributed by atoms with Crippen LogP contribution in [0.2, 0.25) is 0 Å². The highest BCUT2D eigenvalue weighted by Gasteiger charge is 2.71. The third-order valence-electron chi connectivity index (χ3n) is 8.79. The standard InChI is InChI=1S/C22H28Cl2O6/c1-20-7-5-13(25)9-12(20)3-4-14-15-6-8-22(30-19(24)28,18(27)29-11-23)21(15,2)10-16(26)17(14)20/h9,14-17,26H,3-8,10-11H2,1-2H3/t14-,15-,16-,17+,20-,21-,22-/m0/s1. The summed E-state index contributed by atoms with van der Waals surface area (Å²) in [7, 11) is 0. The molecule has 166 valence electrons. The van der Waals surface area contributed by atoms with Crippen molar-refractivity contribution in [2.75, 3.05) is 6.07 Å². The Balaban J connectivity index is 1.75. The summed E-state index contributed by atoms with van der Waals surface area (Å²) in [4.78, 5) is 36.7. The molecule has 6 nitrogen and oxygen atoms in total. The second-order valence-corrected chi connectivity index (χ2v) is 10.4. The molecule has 1 N–H and O–H groups in total. The molecule has 3 saturated carbocycles. The zero-order chi connectivity index (χ0) is 21.9. The third kappa shape index (κ3) is 2.97. The first kappa shape index (κ1) is 22.1. The summed E-state index contributed by atoms with van der Waals surface area (Å²) >= 11 is 11.2. The second kappa shape index (κ2) is 7.49. The number of halogens is 2. The molecule has 4 rings (SSSR count).